The lowest BCUT2D eigenvalue weighted by atomic mass is 10.00. The first-order valence-electron chi connectivity index (χ1n) is 7.76. The summed E-state index contributed by atoms with van der Waals surface area (Å²) in [7, 11) is -3.84. The van der Waals surface area contributed by atoms with Gasteiger partial charge in [-0.25, -0.2) is 8.42 Å². The summed E-state index contributed by atoms with van der Waals surface area (Å²) in [5, 5.41) is 6.74. The summed E-state index contributed by atoms with van der Waals surface area (Å²) >= 11 is 5.91. The molecule has 6 nitrogen and oxygen atoms in total. The van der Waals surface area contributed by atoms with E-state index in [-0.39, 0.29) is 28.9 Å². The van der Waals surface area contributed by atoms with E-state index in [1.165, 1.54) is 10.4 Å². The summed E-state index contributed by atoms with van der Waals surface area (Å²) in [5.74, 6) is -2.24. The van der Waals surface area contributed by atoms with E-state index < -0.39 is 28.0 Å². The highest BCUT2D eigenvalue weighted by molar-refractivity contribution is 7.89. The summed E-state index contributed by atoms with van der Waals surface area (Å²) in [6.45, 7) is 1.87. The molecule has 0 saturated carbocycles. The fourth-order valence-electron chi connectivity index (χ4n) is 2.87. The molecule has 1 fully saturated rings. The monoisotopic (exact) mass is 409 g/mol. The van der Waals surface area contributed by atoms with Crippen molar-refractivity contribution < 1.29 is 26.0 Å². The minimum atomic E-state index is -4.73. The van der Waals surface area contributed by atoms with Crippen LogP contribution in [0.4, 0.5) is 13.2 Å². The lowest BCUT2D eigenvalue weighted by Crippen LogP contribution is -2.39. The number of rotatable bonds is 3. The van der Waals surface area contributed by atoms with E-state index >= 15 is 0 Å². The van der Waals surface area contributed by atoms with Gasteiger partial charge in [0.05, 0.1) is 10.8 Å². The summed E-state index contributed by atoms with van der Waals surface area (Å²) < 4.78 is 69.6. The number of alkyl halides is 3. The molecule has 1 aromatic heterocycles. The maximum Gasteiger partial charge on any atom is 0.470 e. The van der Waals surface area contributed by atoms with E-state index in [4.69, 9.17) is 16.0 Å². The van der Waals surface area contributed by atoms with Crippen LogP contribution in [0.5, 0.6) is 0 Å². The molecule has 1 aliphatic heterocycles. The van der Waals surface area contributed by atoms with E-state index in [2.05, 4.69) is 10.2 Å². The second kappa shape index (κ2) is 6.82. The third-order valence-corrected chi connectivity index (χ3v) is 6.43. The van der Waals surface area contributed by atoms with Gasteiger partial charge >= 0.3 is 12.1 Å². The Balaban J connectivity index is 1.86. The molecule has 2 aromatic rings. The zero-order valence-corrected chi connectivity index (χ0v) is 15.2. The Morgan fingerprint density at radius 3 is 2.69 bits per heavy atom. The molecular weight excluding hydrogens is 395 g/mol. The molecule has 0 amide bonds. The van der Waals surface area contributed by atoms with Crippen molar-refractivity contribution in [2.75, 3.05) is 13.1 Å². The summed E-state index contributed by atoms with van der Waals surface area (Å²) in [5.41, 5.74) is 0.536. The van der Waals surface area contributed by atoms with Crippen LogP contribution in [0.3, 0.4) is 0 Å². The van der Waals surface area contributed by atoms with E-state index in [1.54, 1.807) is 19.1 Å². The number of halogens is 4. The number of aromatic nitrogens is 2. The minimum absolute atomic E-state index is 0.0340. The molecule has 1 atom stereocenters. The van der Waals surface area contributed by atoms with Gasteiger partial charge < -0.3 is 4.42 Å². The van der Waals surface area contributed by atoms with Crippen LogP contribution in [-0.4, -0.2) is 36.0 Å². The quantitative estimate of drug-likeness (QED) is 0.773. The molecule has 1 aliphatic rings. The molecule has 142 valence electrons. The van der Waals surface area contributed by atoms with Gasteiger partial charge in [0.1, 0.15) is 0 Å². The lowest BCUT2D eigenvalue weighted by molar-refractivity contribution is -0.157. The lowest BCUT2D eigenvalue weighted by Gasteiger charge is -2.30. The molecule has 2 heterocycles. The topological polar surface area (TPSA) is 76.3 Å². The maximum absolute atomic E-state index is 12.9. The largest absolute Gasteiger partial charge is 0.470 e. The Hall–Kier alpha value is -1.65. The second-order valence-electron chi connectivity index (χ2n) is 6.06. The standard InChI is InChI=1S/C15H15ClF3N3O3S/c1-9-4-5-11(16)7-12(9)26(23,24)22-6-2-3-10(8-22)13-20-21-14(25-13)15(17,18)19/h4-5,7,10H,2-3,6,8H2,1H3. The highest BCUT2D eigenvalue weighted by Crippen LogP contribution is 2.34. The normalized spacial score (nSPS) is 19.7. The number of hydrogen-bond acceptors (Lipinski definition) is 5. The molecule has 1 saturated heterocycles. The van der Waals surface area contributed by atoms with Gasteiger partial charge in [0.2, 0.25) is 15.9 Å². The Morgan fingerprint density at radius 2 is 2.04 bits per heavy atom. The molecule has 1 aromatic carbocycles. The van der Waals surface area contributed by atoms with Crippen molar-refractivity contribution in [2.45, 2.75) is 36.8 Å². The van der Waals surface area contributed by atoms with Crippen LogP contribution in [0.1, 0.15) is 36.1 Å². The van der Waals surface area contributed by atoms with E-state index in [1.807, 2.05) is 0 Å². The number of hydrogen-bond donors (Lipinski definition) is 0. The van der Waals surface area contributed by atoms with Crippen LogP contribution in [0.25, 0.3) is 0 Å². The summed E-state index contributed by atoms with van der Waals surface area (Å²) in [4.78, 5) is 0.0761. The highest BCUT2D eigenvalue weighted by Gasteiger charge is 2.40. The van der Waals surface area contributed by atoms with Crippen molar-refractivity contribution in [2.24, 2.45) is 0 Å². The van der Waals surface area contributed by atoms with Gasteiger partial charge in [0.25, 0.3) is 0 Å². The van der Waals surface area contributed by atoms with Gasteiger partial charge in [-0.2, -0.15) is 17.5 Å². The molecule has 0 aliphatic carbocycles. The molecule has 3 rings (SSSR count). The summed E-state index contributed by atoms with van der Waals surface area (Å²) in [6, 6.07) is 4.56. The Morgan fingerprint density at radius 1 is 1.31 bits per heavy atom. The molecule has 0 bridgehead atoms. The molecular formula is C15H15ClF3N3O3S. The average molecular weight is 410 g/mol. The molecule has 0 spiro atoms. The molecule has 1 unspecified atom stereocenters. The number of nitrogens with zero attached hydrogens (tertiary/aromatic N) is 3. The predicted molar refractivity (Wildman–Crippen MR) is 86.2 cm³/mol. The fourth-order valence-corrected chi connectivity index (χ4v) is 4.88. The van der Waals surface area contributed by atoms with Crippen LogP contribution in [0, 0.1) is 6.92 Å². The third kappa shape index (κ3) is 3.72. The zero-order valence-electron chi connectivity index (χ0n) is 13.6. The van der Waals surface area contributed by atoms with Gasteiger partial charge in [-0.1, -0.05) is 17.7 Å². The van der Waals surface area contributed by atoms with Crippen LogP contribution in [-0.2, 0) is 16.2 Å². The van der Waals surface area contributed by atoms with Crippen LogP contribution in [0.15, 0.2) is 27.5 Å². The average Bonchev–Trinajstić information content (AvgIpc) is 3.07. The minimum Gasteiger partial charge on any atom is -0.417 e. The van der Waals surface area contributed by atoms with Crippen LogP contribution >= 0.6 is 11.6 Å². The van der Waals surface area contributed by atoms with Gasteiger partial charge in [0, 0.05) is 18.1 Å². The van der Waals surface area contributed by atoms with Crippen LogP contribution in [0.2, 0.25) is 5.02 Å². The molecule has 11 heteroatoms. The first-order chi connectivity index (χ1) is 12.1. The second-order valence-corrected chi connectivity index (χ2v) is 8.40. The smallest absolute Gasteiger partial charge is 0.417 e. The van der Waals surface area contributed by atoms with Crippen molar-refractivity contribution in [3.63, 3.8) is 0 Å². The molecule has 26 heavy (non-hydrogen) atoms. The molecule has 0 N–H and O–H groups in total. The zero-order chi connectivity index (χ0) is 19.1. The van der Waals surface area contributed by atoms with E-state index in [9.17, 15) is 21.6 Å². The van der Waals surface area contributed by atoms with Crippen molar-refractivity contribution in [3.8, 4) is 0 Å². The number of sulfonamides is 1. The first kappa shape index (κ1) is 19.1. The maximum atomic E-state index is 12.9. The van der Waals surface area contributed by atoms with Crippen molar-refractivity contribution in [1.29, 1.82) is 0 Å². The van der Waals surface area contributed by atoms with Gasteiger partial charge in [0.15, 0.2) is 0 Å². The highest BCUT2D eigenvalue weighted by atomic mass is 35.5. The van der Waals surface area contributed by atoms with Crippen LogP contribution < -0.4 is 0 Å². The first-order valence-corrected chi connectivity index (χ1v) is 9.58. The Kier molecular flexibility index (Phi) is 5.02. The summed E-state index contributed by atoms with van der Waals surface area (Å²) in [6.07, 6.45) is -3.81. The SMILES string of the molecule is Cc1ccc(Cl)cc1S(=O)(=O)N1CCCC(c2nnc(C(F)(F)F)o2)C1. The van der Waals surface area contributed by atoms with Crippen molar-refractivity contribution in [3.05, 3.63) is 40.6 Å². The van der Waals surface area contributed by atoms with Gasteiger partial charge in [-0.05, 0) is 37.5 Å². The predicted octanol–water partition coefficient (Wildman–Crippen LogP) is 3.62. The van der Waals surface area contributed by atoms with Crippen molar-refractivity contribution in [1.82, 2.24) is 14.5 Å². The Labute approximate surface area is 153 Å². The third-order valence-electron chi connectivity index (χ3n) is 4.18. The van der Waals surface area contributed by atoms with Crippen molar-refractivity contribution >= 4 is 21.6 Å². The number of aryl methyl sites for hydroxylation is 1. The number of piperidine rings is 1. The Bertz CT molecular complexity index is 914. The van der Waals surface area contributed by atoms with E-state index in [0.717, 1.165) is 0 Å². The van der Waals surface area contributed by atoms with Gasteiger partial charge in [-0.15, -0.1) is 10.2 Å². The number of benzene rings is 1. The fraction of sp³-hybridized carbons (Fsp3) is 0.467. The molecule has 0 radical (unpaired) electrons. The van der Waals surface area contributed by atoms with Gasteiger partial charge in [-0.3, -0.25) is 0 Å². The van der Waals surface area contributed by atoms with E-state index in [0.29, 0.717) is 18.4 Å².